The number of ether oxygens (including phenoxy) is 1. The fraction of sp³-hybridized carbons (Fsp3) is 0.250. The summed E-state index contributed by atoms with van der Waals surface area (Å²) in [7, 11) is 0. The van der Waals surface area contributed by atoms with Crippen LogP contribution in [0.25, 0.3) is 11.4 Å². The molecule has 0 radical (unpaired) electrons. The molecule has 0 amide bonds. The van der Waals surface area contributed by atoms with Crippen molar-refractivity contribution in [2.75, 3.05) is 18.0 Å². The standard InChI is InChI=1S/C20H18FN7O/c1-12-26-18(28-10-15(21)11-28)5-19(27-12)29-17-4-13(6-22)2-3-16(17)20-24-8-14(7-23)9-25-20/h2-5,8-9,15H,7,10-11,23H2,1H3. The fourth-order valence-electron chi connectivity index (χ4n) is 2.92. The molecule has 1 aliphatic heterocycles. The smallest absolute Gasteiger partial charge is 0.224 e. The van der Waals surface area contributed by atoms with Gasteiger partial charge in [0.25, 0.3) is 0 Å². The van der Waals surface area contributed by atoms with Crippen molar-refractivity contribution < 1.29 is 9.13 Å². The number of anilines is 1. The third kappa shape index (κ3) is 3.97. The van der Waals surface area contributed by atoms with Crippen LogP contribution in [-0.4, -0.2) is 39.2 Å². The van der Waals surface area contributed by atoms with Crippen molar-refractivity contribution in [3.05, 3.63) is 53.6 Å². The van der Waals surface area contributed by atoms with Gasteiger partial charge >= 0.3 is 0 Å². The zero-order chi connectivity index (χ0) is 20.4. The van der Waals surface area contributed by atoms with Gasteiger partial charge in [0.2, 0.25) is 5.88 Å². The molecule has 0 bridgehead atoms. The van der Waals surface area contributed by atoms with Crippen molar-refractivity contribution in [2.24, 2.45) is 5.73 Å². The van der Waals surface area contributed by atoms with Gasteiger partial charge in [0.15, 0.2) is 5.82 Å². The molecule has 29 heavy (non-hydrogen) atoms. The molecular formula is C20H18FN7O. The Balaban J connectivity index is 1.70. The number of alkyl halides is 1. The summed E-state index contributed by atoms with van der Waals surface area (Å²) in [5, 5.41) is 9.26. The average molecular weight is 391 g/mol. The van der Waals surface area contributed by atoms with Gasteiger partial charge < -0.3 is 15.4 Å². The summed E-state index contributed by atoms with van der Waals surface area (Å²) in [5.41, 5.74) is 7.45. The minimum Gasteiger partial charge on any atom is -0.438 e. The number of benzene rings is 1. The molecule has 3 heterocycles. The second-order valence-electron chi connectivity index (χ2n) is 6.66. The van der Waals surface area contributed by atoms with Gasteiger partial charge in [0.05, 0.1) is 30.3 Å². The van der Waals surface area contributed by atoms with E-state index in [1.807, 2.05) is 4.90 Å². The van der Waals surface area contributed by atoms with Crippen LogP contribution in [0.4, 0.5) is 10.2 Å². The minimum atomic E-state index is -0.845. The van der Waals surface area contributed by atoms with E-state index in [2.05, 4.69) is 26.0 Å². The molecule has 0 atom stereocenters. The number of halogens is 1. The molecule has 0 unspecified atom stereocenters. The fourth-order valence-corrected chi connectivity index (χ4v) is 2.92. The third-order valence-electron chi connectivity index (χ3n) is 4.47. The topological polar surface area (TPSA) is 114 Å². The summed E-state index contributed by atoms with van der Waals surface area (Å²) in [4.78, 5) is 19.1. The summed E-state index contributed by atoms with van der Waals surface area (Å²) in [5.74, 6) is 2.23. The Morgan fingerprint density at radius 2 is 2.00 bits per heavy atom. The number of nitriles is 1. The van der Waals surface area contributed by atoms with E-state index in [-0.39, 0.29) is 0 Å². The maximum Gasteiger partial charge on any atom is 0.224 e. The Labute approximate surface area is 166 Å². The Bertz CT molecular complexity index is 1080. The molecule has 1 aliphatic rings. The highest BCUT2D eigenvalue weighted by atomic mass is 19.1. The van der Waals surface area contributed by atoms with Gasteiger partial charge in [-0.15, -0.1) is 0 Å². The maximum atomic E-state index is 13.2. The highest BCUT2D eigenvalue weighted by Gasteiger charge is 2.28. The Morgan fingerprint density at radius 3 is 2.66 bits per heavy atom. The quantitative estimate of drug-likeness (QED) is 0.706. The molecule has 9 heteroatoms. The lowest BCUT2D eigenvalue weighted by atomic mass is 10.1. The van der Waals surface area contributed by atoms with Crippen molar-refractivity contribution in [2.45, 2.75) is 19.6 Å². The van der Waals surface area contributed by atoms with Gasteiger partial charge in [-0.05, 0) is 25.1 Å². The van der Waals surface area contributed by atoms with Gasteiger partial charge in [0.1, 0.15) is 23.6 Å². The normalized spacial score (nSPS) is 13.7. The van der Waals surface area contributed by atoms with Crippen LogP contribution in [0.15, 0.2) is 36.7 Å². The first kappa shape index (κ1) is 18.7. The van der Waals surface area contributed by atoms with Crippen LogP contribution in [0.1, 0.15) is 17.0 Å². The Hall–Kier alpha value is -3.64. The van der Waals surface area contributed by atoms with Crippen LogP contribution in [0.2, 0.25) is 0 Å². The van der Waals surface area contributed by atoms with E-state index in [9.17, 15) is 9.65 Å². The molecule has 1 fully saturated rings. The van der Waals surface area contributed by atoms with Crippen molar-refractivity contribution in [1.29, 1.82) is 5.26 Å². The number of aromatic nitrogens is 4. The van der Waals surface area contributed by atoms with Crippen molar-refractivity contribution in [1.82, 2.24) is 19.9 Å². The summed E-state index contributed by atoms with van der Waals surface area (Å²) in [6, 6.07) is 8.74. The number of nitrogens with two attached hydrogens (primary N) is 1. The summed E-state index contributed by atoms with van der Waals surface area (Å²) >= 11 is 0. The van der Waals surface area contributed by atoms with Crippen LogP contribution in [0.5, 0.6) is 11.6 Å². The number of hydrogen-bond acceptors (Lipinski definition) is 8. The van der Waals surface area contributed by atoms with Gasteiger partial charge in [0, 0.05) is 30.6 Å². The first-order chi connectivity index (χ1) is 14.1. The SMILES string of the molecule is Cc1nc(Oc2cc(C#N)ccc2-c2ncc(CN)cn2)cc(N2CC(F)C2)n1. The zero-order valence-corrected chi connectivity index (χ0v) is 15.7. The Kier molecular flexibility index (Phi) is 5.01. The molecule has 2 N–H and O–H groups in total. The Morgan fingerprint density at radius 1 is 1.24 bits per heavy atom. The van der Waals surface area contributed by atoms with Crippen LogP contribution >= 0.6 is 0 Å². The van der Waals surface area contributed by atoms with E-state index in [0.717, 1.165) is 5.56 Å². The summed E-state index contributed by atoms with van der Waals surface area (Å²) in [6.45, 7) is 2.68. The molecule has 0 aliphatic carbocycles. The lowest BCUT2D eigenvalue weighted by molar-refractivity contribution is 0.273. The second-order valence-corrected chi connectivity index (χ2v) is 6.66. The van der Waals surface area contributed by atoms with E-state index in [1.54, 1.807) is 43.6 Å². The van der Waals surface area contributed by atoms with E-state index >= 15 is 0 Å². The highest BCUT2D eigenvalue weighted by molar-refractivity contribution is 5.66. The predicted molar refractivity (Wildman–Crippen MR) is 104 cm³/mol. The van der Waals surface area contributed by atoms with E-state index in [4.69, 9.17) is 10.5 Å². The van der Waals surface area contributed by atoms with Gasteiger partial charge in [-0.25, -0.2) is 19.3 Å². The molecule has 1 aromatic carbocycles. The second kappa shape index (κ2) is 7.77. The van der Waals surface area contributed by atoms with Crippen LogP contribution in [0, 0.1) is 18.3 Å². The monoisotopic (exact) mass is 391 g/mol. The van der Waals surface area contributed by atoms with Crippen LogP contribution in [0.3, 0.4) is 0 Å². The summed E-state index contributed by atoms with van der Waals surface area (Å²) in [6.07, 6.45) is 2.45. The lowest BCUT2D eigenvalue weighted by Crippen LogP contribution is -2.48. The molecule has 4 rings (SSSR count). The number of hydrogen-bond donors (Lipinski definition) is 1. The van der Waals surface area contributed by atoms with Crippen molar-refractivity contribution >= 4 is 5.82 Å². The van der Waals surface area contributed by atoms with Crippen LogP contribution < -0.4 is 15.4 Å². The largest absolute Gasteiger partial charge is 0.438 e. The first-order valence-corrected chi connectivity index (χ1v) is 9.04. The van der Waals surface area contributed by atoms with Gasteiger partial charge in [-0.1, -0.05) is 0 Å². The zero-order valence-electron chi connectivity index (χ0n) is 15.7. The lowest BCUT2D eigenvalue weighted by Gasteiger charge is -2.35. The molecule has 2 aromatic heterocycles. The first-order valence-electron chi connectivity index (χ1n) is 9.04. The molecule has 3 aromatic rings. The van der Waals surface area contributed by atoms with E-state index < -0.39 is 6.17 Å². The number of nitrogens with zero attached hydrogens (tertiary/aromatic N) is 6. The summed E-state index contributed by atoms with van der Waals surface area (Å²) < 4.78 is 19.2. The predicted octanol–water partition coefficient (Wildman–Crippen LogP) is 2.52. The number of rotatable bonds is 5. The molecule has 1 saturated heterocycles. The molecule has 0 saturated carbocycles. The van der Waals surface area contributed by atoms with E-state index in [1.165, 1.54) is 0 Å². The number of aryl methyl sites for hydroxylation is 1. The molecule has 146 valence electrons. The third-order valence-corrected chi connectivity index (χ3v) is 4.47. The molecular weight excluding hydrogens is 373 g/mol. The maximum absolute atomic E-state index is 13.2. The van der Waals surface area contributed by atoms with Crippen LogP contribution in [-0.2, 0) is 6.54 Å². The highest BCUT2D eigenvalue weighted by Crippen LogP contribution is 2.33. The molecule has 0 spiro atoms. The molecule has 8 nitrogen and oxygen atoms in total. The van der Waals surface area contributed by atoms with Crippen molar-refractivity contribution in [3.63, 3.8) is 0 Å². The van der Waals surface area contributed by atoms with Crippen molar-refractivity contribution in [3.8, 4) is 29.1 Å². The van der Waals surface area contributed by atoms with Gasteiger partial charge in [-0.3, -0.25) is 0 Å². The van der Waals surface area contributed by atoms with Gasteiger partial charge in [-0.2, -0.15) is 10.2 Å². The average Bonchev–Trinajstić information content (AvgIpc) is 2.71. The minimum absolute atomic E-state index is 0.296. The van der Waals surface area contributed by atoms with E-state index in [0.29, 0.717) is 59.9 Å².